The normalized spacial score (nSPS) is 40.3. The van der Waals surface area contributed by atoms with Crippen LogP contribution in [0.2, 0.25) is 0 Å². The number of hydrogen-bond donors (Lipinski definition) is 0. The van der Waals surface area contributed by atoms with Crippen LogP contribution in [-0.4, -0.2) is 11.8 Å². The van der Waals surface area contributed by atoms with Crippen molar-refractivity contribution in [1.29, 1.82) is 0 Å². The van der Waals surface area contributed by atoms with Crippen molar-refractivity contribution >= 4 is 5.71 Å². The molecule has 0 aromatic rings. The van der Waals surface area contributed by atoms with Gasteiger partial charge in [-0.2, -0.15) is 0 Å². The molecule has 0 radical (unpaired) electrons. The van der Waals surface area contributed by atoms with E-state index in [4.69, 9.17) is 4.99 Å². The Morgan fingerprint density at radius 3 is 2.18 bits per heavy atom. The first-order valence-electron chi connectivity index (χ1n) is 7.69. The molecule has 0 saturated heterocycles. The molecule has 0 spiro atoms. The molecule has 2 aliphatic carbocycles. The van der Waals surface area contributed by atoms with Crippen LogP contribution in [0.1, 0.15) is 72.1 Å². The molecule has 1 nitrogen and oxygen atoms in total. The third-order valence-corrected chi connectivity index (χ3v) is 4.82. The first-order chi connectivity index (χ1) is 8.15. The second kappa shape index (κ2) is 6.02. The SMILES string of the molecule is C/C(=N\C1CCCC(C)C1)C1CCCC(C)C1. The van der Waals surface area contributed by atoms with Crippen LogP contribution in [0.25, 0.3) is 0 Å². The molecular formula is C16H29N. The highest BCUT2D eigenvalue weighted by atomic mass is 14.8. The summed E-state index contributed by atoms with van der Waals surface area (Å²) in [6.07, 6.45) is 11.1. The van der Waals surface area contributed by atoms with Crippen molar-refractivity contribution in [2.75, 3.05) is 0 Å². The first kappa shape index (κ1) is 13.1. The Bertz CT molecular complexity index is 269. The van der Waals surface area contributed by atoms with Crippen LogP contribution in [0, 0.1) is 17.8 Å². The van der Waals surface area contributed by atoms with E-state index in [1.165, 1.54) is 57.1 Å². The van der Waals surface area contributed by atoms with Gasteiger partial charge in [-0.05, 0) is 50.4 Å². The number of nitrogens with zero attached hydrogens (tertiary/aromatic N) is 1. The molecule has 0 heterocycles. The van der Waals surface area contributed by atoms with Gasteiger partial charge in [0.25, 0.3) is 0 Å². The van der Waals surface area contributed by atoms with Gasteiger partial charge in [-0.1, -0.05) is 39.5 Å². The number of aliphatic imine (C=N–C) groups is 1. The number of rotatable bonds is 2. The van der Waals surface area contributed by atoms with Crippen LogP contribution in [0.5, 0.6) is 0 Å². The zero-order valence-corrected chi connectivity index (χ0v) is 11.9. The van der Waals surface area contributed by atoms with E-state index < -0.39 is 0 Å². The lowest BCUT2D eigenvalue weighted by Gasteiger charge is -2.29. The summed E-state index contributed by atoms with van der Waals surface area (Å²) in [5.41, 5.74) is 1.47. The molecular weight excluding hydrogens is 206 g/mol. The van der Waals surface area contributed by atoms with Crippen molar-refractivity contribution < 1.29 is 0 Å². The second-order valence-corrected chi connectivity index (χ2v) is 6.66. The highest BCUT2D eigenvalue weighted by Gasteiger charge is 2.23. The maximum absolute atomic E-state index is 5.06. The van der Waals surface area contributed by atoms with E-state index in [9.17, 15) is 0 Å². The fourth-order valence-corrected chi connectivity index (χ4v) is 3.73. The Hall–Kier alpha value is -0.330. The van der Waals surface area contributed by atoms with E-state index in [1.807, 2.05) is 0 Å². The van der Waals surface area contributed by atoms with Gasteiger partial charge in [0, 0.05) is 5.71 Å². The predicted octanol–water partition coefficient (Wildman–Crippen LogP) is 4.85. The molecule has 0 aliphatic heterocycles. The highest BCUT2D eigenvalue weighted by molar-refractivity contribution is 5.84. The van der Waals surface area contributed by atoms with E-state index in [-0.39, 0.29) is 0 Å². The second-order valence-electron chi connectivity index (χ2n) is 6.66. The van der Waals surface area contributed by atoms with E-state index in [0.29, 0.717) is 6.04 Å². The molecule has 0 N–H and O–H groups in total. The molecule has 0 aromatic heterocycles. The first-order valence-corrected chi connectivity index (χ1v) is 7.69. The Labute approximate surface area is 107 Å². The lowest BCUT2D eigenvalue weighted by atomic mass is 9.80. The summed E-state index contributed by atoms with van der Waals surface area (Å²) in [4.78, 5) is 5.06. The third-order valence-electron chi connectivity index (χ3n) is 4.82. The van der Waals surface area contributed by atoms with Crippen LogP contribution in [-0.2, 0) is 0 Å². The van der Waals surface area contributed by atoms with E-state index in [0.717, 1.165) is 17.8 Å². The number of hydrogen-bond acceptors (Lipinski definition) is 1. The van der Waals surface area contributed by atoms with Gasteiger partial charge >= 0.3 is 0 Å². The summed E-state index contributed by atoms with van der Waals surface area (Å²) < 4.78 is 0. The molecule has 2 aliphatic rings. The van der Waals surface area contributed by atoms with Gasteiger partial charge in [0.05, 0.1) is 6.04 Å². The fraction of sp³-hybridized carbons (Fsp3) is 0.938. The molecule has 1 heteroatoms. The van der Waals surface area contributed by atoms with Crippen molar-refractivity contribution in [1.82, 2.24) is 0 Å². The summed E-state index contributed by atoms with van der Waals surface area (Å²) in [7, 11) is 0. The summed E-state index contributed by atoms with van der Waals surface area (Å²) >= 11 is 0. The third kappa shape index (κ3) is 3.82. The molecule has 0 amide bonds. The van der Waals surface area contributed by atoms with Crippen LogP contribution in [0.4, 0.5) is 0 Å². The zero-order chi connectivity index (χ0) is 12.3. The van der Waals surface area contributed by atoms with Gasteiger partial charge in [-0.15, -0.1) is 0 Å². The molecule has 4 atom stereocenters. The van der Waals surface area contributed by atoms with E-state index in [1.54, 1.807) is 0 Å². The zero-order valence-electron chi connectivity index (χ0n) is 11.9. The minimum absolute atomic E-state index is 0.649. The molecule has 98 valence electrons. The predicted molar refractivity (Wildman–Crippen MR) is 75.7 cm³/mol. The van der Waals surface area contributed by atoms with Gasteiger partial charge in [-0.3, -0.25) is 4.99 Å². The Kier molecular flexibility index (Phi) is 4.64. The summed E-state index contributed by atoms with van der Waals surface area (Å²) in [6.45, 7) is 7.09. The average molecular weight is 235 g/mol. The van der Waals surface area contributed by atoms with Gasteiger partial charge in [-0.25, -0.2) is 0 Å². The maximum Gasteiger partial charge on any atom is 0.0501 e. The fourth-order valence-electron chi connectivity index (χ4n) is 3.73. The van der Waals surface area contributed by atoms with Crippen LogP contribution >= 0.6 is 0 Å². The maximum atomic E-state index is 5.06. The van der Waals surface area contributed by atoms with Gasteiger partial charge in [0.1, 0.15) is 0 Å². The standard InChI is InChI=1S/C16H29N/c1-12-6-4-8-15(10-12)14(3)17-16-9-5-7-13(2)11-16/h12-13,15-16H,4-11H2,1-3H3/b17-14+. The monoisotopic (exact) mass is 235 g/mol. The Morgan fingerprint density at radius 1 is 0.882 bits per heavy atom. The molecule has 4 unspecified atom stereocenters. The summed E-state index contributed by atoms with van der Waals surface area (Å²) in [6, 6.07) is 0.649. The largest absolute Gasteiger partial charge is 0.291 e. The van der Waals surface area contributed by atoms with E-state index in [2.05, 4.69) is 20.8 Å². The molecule has 2 fully saturated rings. The quantitative estimate of drug-likeness (QED) is 0.607. The highest BCUT2D eigenvalue weighted by Crippen LogP contribution is 2.31. The lowest BCUT2D eigenvalue weighted by molar-refractivity contribution is 0.328. The lowest BCUT2D eigenvalue weighted by Crippen LogP contribution is -2.23. The van der Waals surface area contributed by atoms with Crippen LogP contribution in [0.3, 0.4) is 0 Å². The van der Waals surface area contributed by atoms with Gasteiger partial charge < -0.3 is 0 Å². The van der Waals surface area contributed by atoms with Gasteiger partial charge in [0.2, 0.25) is 0 Å². The van der Waals surface area contributed by atoms with Crippen LogP contribution < -0.4 is 0 Å². The average Bonchev–Trinajstić information content (AvgIpc) is 2.29. The minimum atomic E-state index is 0.649. The van der Waals surface area contributed by atoms with Crippen molar-refractivity contribution in [2.24, 2.45) is 22.7 Å². The smallest absolute Gasteiger partial charge is 0.0501 e. The molecule has 2 rings (SSSR count). The van der Waals surface area contributed by atoms with Gasteiger partial charge in [0.15, 0.2) is 0 Å². The summed E-state index contributed by atoms with van der Waals surface area (Å²) in [5.74, 6) is 2.62. The molecule has 0 aromatic carbocycles. The topological polar surface area (TPSA) is 12.4 Å². The summed E-state index contributed by atoms with van der Waals surface area (Å²) in [5, 5.41) is 0. The van der Waals surface area contributed by atoms with Crippen LogP contribution in [0.15, 0.2) is 4.99 Å². The van der Waals surface area contributed by atoms with E-state index >= 15 is 0 Å². The van der Waals surface area contributed by atoms with Crippen molar-refractivity contribution in [3.05, 3.63) is 0 Å². The molecule has 17 heavy (non-hydrogen) atoms. The Morgan fingerprint density at radius 2 is 1.53 bits per heavy atom. The molecule has 0 bridgehead atoms. The van der Waals surface area contributed by atoms with Crippen molar-refractivity contribution in [3.63, 3.8) is 0 Å². The molecule has 2 saturated carbocycles. The Balaban J connectivity index is 1.90. The van der Waals surface area contributed by atoms with Crippen molar-refractivity contribution in [2.45, 2.75) is 78.2 Å². The van der Waals surface area contributed by atoms with Crippen molar-refractivity contribution in [3.8, 4) is 0 Å². The minimum Gasteiger partial charge on any atom is -0.291 e.